The Labute approximate surface area is 147 Å². The second-order valence-electron chi connectivity index (χ2n) is 5.73. The van der Waals surface area contributed by atoms with Gasteiger partial charge in [0, 0.05) is 32.3 Å². The molecule has 136 valence electrons. The lowest BCUT2D eigenvalue weighted by Crippen LogP contribution is -2.50. The zero-order valence-corrected chi connectivity index (χ0v) is 14.2. The van der Waals surface area contributed by atoms with Crippen molar-refractivity contribution in [2.75, 3.05) is 46.0 Å². The van der Waals surface area contributed by atoms with Crippen LogP contribution < -0.4 is 10.6 Å². The van der Waals surface area contributed by atoms with E-state index < -0.39 is 24.5 Å². The summed E-state index contributed by atoms with van der Waals surface area (Å²) in [6.45, 7) is 3.84. The topological polar surface area (TPSA) is 90.9 Å². The molecule has 0 unspecified atom stereocenters. The van der Waals surface area contributed by atoms with Gasteiger partial charge in [0.15, 0.2) is 0 Å². The van der Waals surface area contributed by atoms with E-state index in [9.17, 15) is 14.7 Å². The van der Waals surface area contributed by atoms with Gasteiger partial charge >= 0.3 is 0 Å². The number of nitrogens with one attached hydrogen (secondary N) is 2. The Morgan fingerprint density at radius 2 is 1.96 bits per heavy atom. The van der Waals surface area contributed by atoms with Crippen LogP contribution in [0.2, 0.25) is 0 Å². The lowest BCUT2D eigenvalue weighted by Gasteiger charge is -2.26. The molecule has 1 saturated heterocycles. The molecule has 0 saturated carbocycles. The van der Waals surface area contributed by atoms with Crippen molar-refractivity contribution in [2.45, 2.75) is 6.04 Å². The van der Waals surface area contributed by atoms with Gasteiger partial charge in [-0.15, -0.1) is 0 Å². The maximum Gasteiger partial charge on any atom is 0.245 e. The maximum atomic E-state index is 12.1. The molecule has 1 heterocycles. The van der Waals surface area contributed by atoms with E-state index in [0.717, 1.165) is 25.2 Å². The van der Waals surface area contributed by atoms with Gasteiger partial charge in [-0.1, -0.05) is 30.3 Å². The van der Waals surface area contributed by atoms with Gasteiger partial charge in [-0.25, -0.2) is 0 Å². The molecule has 1 aliphatic heterocycles. The number of nitrogens with zero attached hydrogens (tertiary/aromatic N) is 1. The van der Waals surface area contributed by atoms with Crippen LogP contribution in [0.4, 0.5) is 0 Å². The molecule has 3 N–H and O–H groups in total. The number of benzene rings is 1. The second kappa shape index (κ2) is 10.6. The van der Waals surface area contributed by atoms with E-state index in [0.29, 0.717) is 19.8 Å². The summed E-state index contributed by atoms with van der Waals surface area (Å²) in [4.78, 5) is 26.2. The van der Waals surface area contributed by atoms with Gasteiger partial charge in [0.05, 0.1) is 19.8 Å². The van der Waals surface area contributed by atoms with Crippen molar-refractivity contribution >= 4 is 17.9 Å². The van der Waals surface area contributed by atoms with Crippen LogP contribution in [0.1, 0.15) is 5.56 Å². The number of ether oxygens (including phenoxy) is 1. The predicted molar refractivity (Wildman–Crippen MR) is 94.8 cm³/mol. The standard InChI is InChI=1S/C18H25N3O4/c22-14-16(18(24)19-8-9-21-10-12-25-13-11-21)20-17(23)7-6-15-4-2-1-3-5-15/h1-7,16,22H,8-14H2,(H,19,24)(H,20,23)/t16-/m0/s1. The van der Waals surface area contributed by atoms with Crippen molar-refractivity contribution in [1.82, 2.24) is 15.5 Å². The molecule has 2 amide bonds. The molecule has 1 atom stereocenters. The number of aliphatic hydroxyl groups is 1. The monoisotopic (exact) mass is 347 g/mol. The Hall–Kier alpha value is -2.22. The number of hydrogen-bond acceptors (Lipinski definition) is 5. The van der Waals surface area contributed by atoms with Crippen LogP contribution in [0.25, 0.3) is 6.08 Å². The van der Waals surface area contributed by atoms with Gasteiger partial charge < -0.3 is 20.5 Å². The highest BCUT2D eigenvalue weighted by Gasteiger charge is 2.19. The summed E-state index contributed by atoms with van der Waals surface area (Å²) in [5.41, 5.74) is 0.883. The van der Waals surface area contributed by atoms with Crippen LogP contribution in [0.5, 0.6) is 0 Å². The molecule has 1 aliphatic rings. The highest BCUT2D eigenvalue weighted by Crippen LogP contribution is 2.00. The largest absolute Gasteiger partial charge is 0.394 e. The summed E-state index contributed by atoms with van der Waals surface area (Å²) in [5.74, 6) is -0.816. The van der Waals surface area contributed by atoms with Crippen LogP contribution in [-0.2, 0) is 14.3 Å². The minimum Gasteiger partial charge on any atom is -0.394 e. The second-order valence-corrected chi connectivity index (χ2v) is 5.73. The molecule has 0 spiro atoms. The van der Waals surface area contributed by atoms with Gasteiger partial charge in [-0.2, -0.15) is 0 Å². The summed E-state index contributed by atoms with van der Waals surface area (Å²) in [7, 11) is 0. The van der Waals surface area contributed by atoms with Crippen LogP contribution in [0, 0.1) is 0 Å². The van der Waals surface area contributed by atoms with Gasteiger partial charge in [0.2, 0.25) is 11.8 Å². The summed E-state index contributed by atoms with van der Waals surface area (Å²) in [6, 6.07) is 8.40. The van der Waals surface area contributed by atoms with Crippen molar-refractivity contribution in [3.8, 4) is 0 Å². The average Bonchev–Trinajstić information content (AvgIpc) is 2.66. The van der Waals surface area contributed by atoms with Crippen molar-refractivity contribution < 1.29 is 19.4 Å². The molecule has 0 aromatic heterocycles. The third-order valence-corrected chi connectivity index (χ3v) is 3.87. The quantitative estimate of drug-likeness (QED) is 0.558. The van der Waals surface area contributed by atoms with Gasteiger partial charge in [-0.3, -0.25) is 14.5 Å². The molecule has 0 radical (unpaired) electrons. The fraction of sp³-hybridized carbons (Fsp3) is 0.444. The highest BCUT2D eigenvalue weighted by atomic mass is 16.5. The fourth-order valence-electron chi connectivity index (χ4n) is 2.44. The maximum absolute atomic E-state index is 12.1. The van der Waals surface area contributed by atoms with Crippen molar-refractivity contribution in [1.29, 1.82) is 0 Å². The number of carbonyl (C=O) groups is 2. The molecule has 25 heavy (non-hydrogen) atoms. The first-order chi connectivity index (χ1) is 12.2. The van der Waals surface area contributed by atoms with E-state index in [1.807, 2.05) is 30.3 Å². The van der Waals surface area contributed by atoms with E-state index in [-0.39, 0.29) is 0 Å². The molecule has 0 bridgehead atoms. The number of amides is 2. The van der Waals surface area contributed by atoms with Crippen molar-refractivity contribution in [3.63, 3.8) is 0 Å². The van der Waals surface area contributed by atoms with E-state index in [1.54, 1.807) is 6.08 Å². The SMILES string of the molecule is O=C(C=Cc1ccccc1)N[C@@H](CO)C(=O)NCCN1CCOCC1. The number of carbonyl (C=O) groups excluding carboxylic acids is 2. The third-order valence-electron chi connectivity index (χ3n) is 3.87. The Balaban J connectivity index is 1.73. The summed E-state index contributed by atoms with van der Waals surface area (Å²) >= 11 is 0. The van der Waals surface area contributed by atoms with Crippen molar-refractivity contribution in [2.24, 2.45) is 0 Å². The number of rotatable bonds is 8. The molecular formula is C18H25N3O4. The van der Waals surface area contributed by atoms with Gasteiger partial charge in [0.25, 0.3) is 0 Å². The van der Waals surface area contributed by atoms with E-state index in [1.165, 1.54) is 6.08 Å². The van der Waals surface area contributed by atoms with Crippen LogP contribution in [0.15, 0.2) is 36.4 Å². The summed E-state index contributed by atoms with van der Waals surface area (Å²) < 4.78 is 5.27. The Morgan fingerprint density at radius 3 is 2.64 bits per heavy atom. The van der Waals surface area contributed by atoms with Crippen LogP contribution >= 0.6 is 0 Å². The Morgan fingerprint density at radius 1 is 1.24 bits per heavy atom. The molecular weight excluding hydrogens is 322 g/mol. The zero-order valence-electron chi connectivity index (χ0n) is 14.2. The lowest BCUT2D eigenvalue weighted by atomic mass is 10.2. The fourth-order valence-corrected chi connectivity index (χ4v) is 2.44. The van der Waals surface area contributed by atoms with Gasteiger partial charge in [0.1, 0.15) is 6.04 Å². The summed E-state index contributed by atoms with van der Waals surface area (Å²) in [6.07, 6.45) is 3.00. The highest BCUT2D eigenvalue weighted by molar-refractivity contribution is 5.95. The van der Waals surface area contributed by atoms with E-state index >= 15 is 0 Å². The average molecular weight is 347 g/mol. The molecule has 0 aliphatic carbocycles. The smallest absolute Gasteiger partial charge is 0.245 e. The lowest BCUT2D eigenvalue weighted by molar-refractivity contribution is -0.128. The third kappa shape index (κ3) is 7.04. The summed E-state index contributed by atoms with van der Waals surface area (Å²) in [5, 5.41) is 14.6. The van der Waals surface area contributed by atoms with Gasteiger partial charge in [-0.05, 0) is 11.6 Å². The van der Waals surface area contributed by atoms with Crippen molar-refractivity contribution in [3.05, 3.63) is 42.0 Å². The molecule has 7 nitrogen and oxygen atoms in total. The molecule has 1 fully saturated rings. The first-order valence-corrected chi connectivity index (χ1v) is 8.41. The minimum atomic E-state index is -0.961. The normalized spacial score (nSPS) is 16.5. The first kappa shape index (κ1) is 19.1. The Kier molecular flexibility index (Phi) is 8.11. The zero-order chi connectivity index (χ0) is 17.9. The minimum absolute atomic E-state index is 0.391. The molecule has 1 aromatic rings. The van der Waals surface area contributed by atoms with Crippen LogP contribution in [0.3, 0.4) is 0 Å². The molecule has 2 rings (SSSR count). The van der Waals surface area contributed by atoms with Crippen LogP contribution in [-0.4, -0.2) is 73.9 Å². The number of hydrogen-bond donors (Lipinski definition) is 3. The van der Waals surface area contributed by atoms with E-state index in [4.69, 9.17) is 4.74 Å². The first-order valence-electron chi connectivity index (χ1n) is 8.41. The molecule has 1 aromatic carbocycles. The Bertz CT molecular complexity index is 571. The number of aliphatic hydroxyl groups excluding tert-OH is 1. The predicted octanol–water partition coefficient (Wildman–Crippen LogP) is -0.375. The molecule has 7 heteroatoms. The number of morpholine rings is 1. The van der Waals surface area contributed by atoms with E-state index in [2.05, 4.69) is 15.5 Å².